The minimum Gasteiger partial charge on any atom is -0.453 e. The second-order valence-electron chi connectivity index (χ2n) is 10.2. The van der Waals surface area contributed by atoms with E-state index in [0.717, 1.165) is 32.2 Å². The summed E-state index contributed by atoms with van der Waals surface area (Å²) >= 11 is 3.43. The minimum atomic E-state index is -0.837. The second-order valence-corrected chi connectivity index (χ2v) is 11.1. The third-order valence-electron chi connectivity index (χ3n) is 7.62. The highest BCUT2D eigenvalue weighted by molar-refractivity contribution is 9.10. The van der Waals surface area contributed by atoms with Crippen molar-refractivity contribution in [2.75, 3.05) is 18.6 Å². The van der Waals surface area contributed by atoms with Gasteiger partial charge in [0.25, 0.3) is 0 Å². The van der Waals surface area contributed by atoms with Gasteiger partial charge < -0.3 is 15.4 Å². The molecular weight excluding hydrogens is 602 g/mol. The fourth-order valence-corrected chi connectivity index (χ4v) is 5.86. The van der Waals surface area contributed by atoms with Gasteiger partial charge in [0.15, 0.2) is 5.78 Å². The smallest absolute Gasteiger partial charge is 0.407 e. The number of aromatic nitrogens is 2. The van der Waals surface area contributed by atoms with E-state index in [2.05, 4.69) is 36.5 Å². The summed E-state index contributed by atoms with van der Waals surface area (Å²) in [7, 11) is 1.23. The molecular formula is C31H26BrN5O5. The molecule has 0 radical (unpaired) electrons. The van der Waals surface area contributed by atoms with Crippen molar-refractivity contribution >= 4 is 56.3 Å². The van der Waals surface area contributed by atoms with Crippen LogP contribution in [0.5, 0.6) is 0 Å². The van der Waals surface area contributed by atoms with E-state index in [-0.39, 0.29) is 18.2 Å². The molecule has 0 unspecified atom stereocenters. The zero-order valence-corrected chi connectivity index (χ0v) is 24.2. The van der Waals surface area contributed by atoms with E-state index in [4.69, 9.17) is 4.74 Å². The van der Waals surface area contributed by atoms with Gasteiger partial charge >= 0.3 is 6.09 Å². The van der Waals surface area contributed by atoms with Crippen LogP contribution in [0.1, 0.15) is 27.9 Å². The second kappa shape index (κ2) is 11.3. The molecule has 3 amide bonds. The van der Waals surface area contributed by atoms with Crippen LogP contribution in [-0.4, -0.2) is 59.4 Å². The topological polar surface area (TPSA) is 131 Å². The van der Waals surface area contributed by atoms with E-state index < -0.39 is 24.1 Å². The number of hydrogen-bond donors (Lipinski definition) is 2. The number of benzene rings is 3. The first kappa shape index (κ1) is 27.5. The molecule has 0 saturated carbocycles. The van der Waals surface area contributed by atoms with Crippen LogP contribution in [0.2, 0.25) is 0 Å². The monoisotopic (exact) mass is 627 g/mol. The molecule has 42 heavy (non-hydrogen) atoms. The Kier molecular flexibility index (Phi) is 7.42. The largest absolute Gasteiger partial charge is 0.453 e. The molecule has 212 valence electrons. The molecule has 4 aromatic rings. The Morgan fingerprint density at radius 1 is 1.05 bits per heavy atom. The number of Topliss-reactive ketones (excluding diaryl/α,β-unsaturated/α-hetero) is 1. The Morgan fingerprint density at radius 3 is 2.62 bits per heavy atom. The Bertz CT molecular complexity index is 1740. The third-order valence-corrected chi connectivity index (χ3v) is 8.11. The Labute approximate surface area is 249 Å². The number of rotatable bonds is 6. The maximum Gasteiger partial charge on any atom is 0.407 e. The molecule has 0 saturated heterocycles. The first-order valence-corrected chi connectivity index (χ1v) is 14.2. The van der Waals surface area contributed by atoms with Gasteiger partial charge in [0.05, 0.1) is 42.3 Å². The summed E-state index contributed by atoms with van der Waals surface area (Å²) in [5, 5.41) is 5.31. The number of hydrogen-bond acceptors (Lipinski definition) is 7. The van der Waals surface area contributed by atoms with Crippen LogP contribution in [0.15, 0.2) is 71.3 Å². The average molecular weight is 628 g/mol. The van der Waals surface area contributed by atoms with Gasteiger partial charge in [-0.1, -0.05) is 58.4 Å². The normalized spacial score (nSPS) is 17.4. The summed E-state index contributed by atoms with van der Waals surface area (Å²) in [6.45, 7) is -0.228. The maximum absolute atomic E-state index is 13.5. The summed E-state index contributed by atoms with van der Waals surface area (Å²) in [6.07, 6.45) is 2.24. The van der Waals surface area contributed by atoms with Gasteiger partial charge in [-0.2, -0.15) is 0 Å². The summed E-state index contributed by atoms with van der Waals surface area (Å²) in [5.41, 5.74) is 5.98. The molecule has 0 spiro atoms. The lowest BCUT2D eigenvalue weighted by atomic mass is 10.0. The Morgan fingerprint density at radius 2 is 1.83 bits per heavy atom. The number of nitrogens with one attached hydrogen (secondary N) is 2. The van der Waals surface area contributed by atoms with Crippen molar-refractivity contribution in [2.45, 2.75) is 31.3 Å². The van der Waals surface area contributed by atoms with Crippen molar-refractivity contribution in [2.24, 2.45) is 0 Å². The van der Waals surface area contributed by atoms with Crippen LogP contribution in [-0.2, 0) is 27.2 Å². The molecule has 3 aromatic carbocycles. The van der Waals surface area contributed by atoms with Gasteiger partial charge in [0.1, 0.15) is 12.1 Å². The van der Waals surface area contributed by atoms with Crippen molar-refractivity contribution in [3.8, 4) is 11.3 Å². The Balaban J connectivity index is 1.14. The summed E-state index contributed by atoms with van der Waals surface area (Å²) in [6, 6.07) is 16.7. The van der Waals surface area contributed by atoms with Crippen molar-refractivity contribution in [3.05, 3.63) is 88.0 Å². The lowest BCUT2D eigenvalue weighted by Gasteiger charge is -2.27. The highest BCUT2D eigenvalue weighted by Crippen LogP contribution is 2.39. The molecule has 2 N–H and O–H groups in total. The number of anilines is 1. The number of para-hydroxylation sites is 1. The van der Waals surface area contributed by atoms with E-state index in [1.54, 1.807) is 30.5 Å². The van der Waals surface area contributed by atoms with Gasteiger partial charge in [-0.25, -0.2) is 9.78 Å². The average Bonchev–Trinajstić information content (AvgIpc) is 3.35. The molecule has 0 fully saturated rings. The van der Waals surface area contributed by atoms with Crippen LogP contribution >= 0.6 is 15.9 Å². The molecule has 3 heterocycles. The molecule has 11 heteroatoms. The van der Waals surface area contributed by atoms with Crippen molar-refractivity contribution in [3.63, 3.8) is 0 Å². The number of aryl methyl sites for hydroxylation is 1. The molecule has 2 atom stereocenters. The van der Waals surface area contributed by atoms with E-state index in [0.29, 0.717) is 36.2 Å². The van der Waals surface area contributed by atoms with Gasteiger partial charge in [0, 0.05) is 22.0 Å². The number of ether oxygens (including phenoxy) is 1. The molecule has 0 aliphatic carbocycles. The number of ketones is 1. The van der Waals surface area contributed by atoms with Gasteiger partial charge in [-0.05, 0) is 42.2 Å². The van der Waals surface area contributed by atoms with Gasteiger partial charge in [-0.3, -0.25) is 24.3 Å². The van der Waals surface area contributed by atoms with E-state index >= 15 is 0 Å². The first-order valence-electron chi connectivity index (χ1n) is 13.4. The zero-order chi connectivity index (χ0) is 29.4. The Hall–Kier alpha value is -4.64. The highest BCUT2D eigenvalue weighted by atomic mass is 79.9. The molecule has 1 aromatic heterocycles. The highest BCUT2D eigenvalue weighted by Gasteiger charge is 2.44. The predicted molar refractivity (Wildman–Crippen MR) is 159 cm³/mol. The summed E-state index contributed by atoms with van der Waals surface area (Å²) in [4.78, 5) is 62.4. The van der Waals surface area contributed by atoms with Crippen LogP contribution < -0.4 is 15.5 Å². The van der Waals surface area contributed by atoms with Crippen molar-refractivity contribution in [1.29, 1.82) is 0 Å². The summed E-state index contributed by atoms with van der Waals surface area (Å²) in [5.74, 6) is -1.09. The lowest BCUT2D eigenvalue weighted by molar-refractivity contribution is -0.126. The standard InChI is InChI=1S/C31H26BrN5O5/c1-42-31(41)36-23-11-9-19-3-2-4-20-13-26(37(28(19)20)30(23)40)29(39)34-16-27(38)18-7-5-17(6-8-18)25-15-33-24-14-21(32)10-12-22(24)35-25/h2-8,10,12,14-15,23,26H,9,11,13,16H2,1H3,(H,34,39)(H,36,41)/t23-,26-/m0/s1. The van der Waals surface area contributed by atoms with E-state index in [1.165, 1.54) is 12.0 Å². The van der Waals surface area contributed by atoms with Crippen molar-refractivity contribution < 1.29 is 23.9 Å². The predicted octanol–water partition coefficient (Wildman–Crippen LogP) is 3.99. The third kappa shape index (κ3) is 5.23. The molecule has 6 rings (SSSR count). The van der Waals surface area contributed by atoms with Crippen LogP contribution in [0.25, 0.3) is 22.3 Å². The summed E-state index contributed by atoms with van der Waals surface area (Å²) < 4.78 is 5.61. The number of halogens is 1. The van der Waals surface area contributed by atoms with Crippen LogP contribution in [0.4, 0.5) is 10.5 Å². The fraction of sp³-hybridized carbons (Fsp3) is 0.226. The van der Waals surface area contributed by atoms with E-state index in [1.807, 2.05) is 36.4 Å². The molecule has 10 nitrogen and oxygen atoms in total. The quantitative estimate of drug-likeness (QED) is 0.309. The number of carbonyl (C=O) groups excluding carboxylic acids is 4. The number of alkyl carbamates (subject to hydrolysis) is 1. The molecule has 0 bridgehead atoms. The number of methoxy groups -OCH3 is 1. The number of carbonyl (C=O) groups is 4. The zero-order valence-electron chi connectivity index (χ0n) is 22.6. The first-order chi connectivity index (χ1) is 20.3. The minimum absolute atomic E-state index is 0.228. The number of fused-ring (bicyclic) bond motifs is 1. The van der Waals surface area contributed by atoms with Gasteiger partial charge in [-0.15, -0.1) is 0 Å². The van der Waals surface area contributed by atoms with Crippen LogP contribution in [0.3, 0.4) is 0 Å². The molecule has 2 aliphatic rings. The fourth-order valence-electron chi connectivity index (χ4n) is 5.51. The SMILES string of the molecule is COC(=O)N[C@H]1CCc2cccc3c2N(C1=O)[C@H](C(=O)NCC(=O)c1ccc(-c2cnc4cc(Br)ccc4n2)cc1)C3. The molecule has 2 aliphatic heterocycles. The number of nitrogens with zero attached hydrogens (tertiary/aromatic N) is 3. The lowest BCUT2D eigenvalue weighted by Crippen LogP contribution is -2.54. The van der Waals surface area contributed by atoms with E-state index in [9.17, 15) is 19.2 Å². The maximum atomic E-state index is 13.5. The number of amides is 3. The van der Waals surface area contributed by atoms with Gasteiger partial charge in [0.2, 0.25) is 11.8 Å². The van der Waals surface area contributed by atoms with Crippen molar-refractivity contribution in [1.82, 2.24) is 20.6 Å². The van der Waals surface area contributed by atoms with Crippen LogP contribution in [0, 0.1) is 0 Å².